The van der Waals surface area contributed by atoms with Crippen molar-refractivity contribution < 1.29 is 14.3 Å². The van der Waals surface area contributed by atoms with Crippen molar-refractivity contribution in [3.63, 3.8) is 0 Å². The van der Waals surface area contributed by atoms with Gasteiger partial charge >= 0.3 is 0 Å². The smallest absolute Gasteiger partial charge is 0.271 e. The first-order valence-electron chi connectivity index (χ1n) is 9.13. The van der Waals surface area contributed by atoms with Gasteiger partial charge in [0.05, 0.1) is 34.6 Å². The third-order valence-electron chi connectivity index (χ3n) is 4.38. The first-order chi connectivity index (χ1) is 14.7. The summed E-state index contributed by atoms with van der Waals surface area (Å²) in [5.41, 5.74) is 1.99. The molecule has 148 valence electrons. The van der Waals surface area contributed by atoms with Crippen molar-refractivity contribution in [1.29, 1.82) is 5.26 Å². The highest BCUT2D eigenvalue weighted by Gasteiger charge is 2.23. The summed E-state index contributed by atoms with van der Waals surface area (Å²) in [5, 5.41) is 9.46. The molecule has 0 bridgehead atoms. The van der Waals surface area contributed by atoms with E-state index >= 15 is 0 Å². The van der Waals surface area contributed by atoms with Gasteiger partial charge in [-0.25, -0.2) is 4.98 Å². The highest BCUT2D eigenvalue weighted by Crippen LogP contribution is 2.34. The predicted molar refractivity (Wildman–Crippen MR) is 116 cm³/mol. The van der Waals surface area contributed by atoms with Gasteiger partial charge in [-0.3, -0.25) is 9.69 Å². The van der Waals surface area contributed by atoms with E-state index in [1.54, 1.807) is 37.4 Å². The molecular weight excluding hydrogens is 398 g/mol. The number of hydrogen-bond acceptors (Lipinski definition) is 6. The van der Waals surface area contributed by atoms with Crippen LogP contribution in [0.15, 0.2) is 72.8 Å². The van der Waals surface area contributed by atoms with Crippen LogP contribution in [0.4, 0.5) is 10.8 Å². The minimum atomic E-state index is -0.272. The van der Waals surface area contributed by atoms with Crippen molar-refractivity contribution in [3.8, 4) is 17.6 Å². The summed E-state index contributed by atoms with van der Waals surface area (Å²) < 4.78 is 12.0. The molecule has 0 radical (unpaired) electrons. The van der Waals surface area contributed by atoms with Crippen molar-refractivity contribution in [2.75, 3.05) is 18.6 Å². The van der Waals surface area contributed by atoms with Gasteiger partial charge in [-0.05, 0) is 48.5 Å². The fraction of sp³-hybridized carbons (Fsp3) is 0.0870. The van der Waals surface area contributed by atoms with E-state index in [0.29, 0.717) is 27.9 Å². The molecule has 0 saturated carbocycles. The van der Waals surface area contributed by atoms with E-state index in [1.807, 2.05) is 42.5 Å². The van der Waals surface area contributed by atoms with Gasteiger partial charge < -0.3 is 9.47 Å². The summed E-state index contributed by atoms with van der Waals surface area (Å²) in [5.74, 6) is 0.878. The lowest BCUT2D eigenvalue weighted by atomic mass is 10.2. The van der Waals surface area contributed by atoms with Gasteiger partial charge in [0, 0.05) is 6.07 Å². The maximum atomic E-state index is 13.2. The van der Waals surface area contributed by atoms with Gasteiger partial charge in [0.2, 0.25) is 0 Å². The van der Waals surface area contributed by atoms with E-state index in [1.165, 1.54) is 16.2 Å². The van der Waals surface area contributed by atoms with E-state index in [0.717, 1.165) is 10.2 Å². The number of thiazole rings is 1. The number of nitrogens with zero attached hydrogens (tertiary/aromatic N) is 3. The zero-order valence-electron chi connectivity index (χ0n) is 16.1. The molecule has 1 aromatic heterocycles. The van der Waals surface area contributed by atoms with Crippen molar-refractivity contribution >= 4 is 38.3 Å². The zero-order valence-corrected chi connectivity index (χ0v) is 16.9. The lowest BCUT2D eigenvalue weighted by molar-refractivity contribution is -0.119. The largest absolute Gasteiger partial charge is 0.497 e. The lowest BCUT2D eigenvalue weighted by Crippen LogP contribution is -2.30. The molecule has 0 spiro atoms. The van der Waals surface area contributed by atoms with Crippen LogP contribution in [0, 0.1) is 11.3 Å². The Kier molecular flexibility index (Phi) is 5.59. The molecule has 7 heteroatoms. The Bertz CT molecular complexity index is 1200. The Hall–Kier alpha value is -3.89. The van der Waals surface area contributed by atoms with Crippen LogP contribution in [0.3, 0.4) is 0 Å². The molecule has 0 atom stereocenters. The minimum Gasteiger partial charge on any atom is -0.497 e. The Morgan fingerprint density at radius 2 is 1.87 bits per heavy atom. The highest BCUT2D eigenvalue weighted by atomic mass is 32.1. The molecule has 30 heavy (non-hydrogen) atoms. The molecule has 1 heterocycles. The Balaban J connectivity index is 1.65. The second kappa shape index (κ2) is 8.64. The fourth-order valence-corrected chi connectivity index (χ4v) is 3.91. The van der Waals surface area contributed by atoms with Gasteiger partial charge in [-0.2, -0.15) is 5.26 Å². The van der Waals surface area contributed by atoms with Crippen LogP contribution >= 0.6 is 11.3 Å². The number of amides is 1. The lowest BCUT2D eigenvalue weighted by Gasteiger charge is -2.20. The van der Waals surface area contributed by atoms with E-state index in [-0.39, 0.29) is 12.5 Å². The van der Waals surface area contributed by atoms with Gasteiger partial charge in [-0.15, -0.1) is 0 Å². The van der Waals surface area contributed by atoms with Crippen molar-refractivity contribution in [2.45, 2.75) is 0 Å². The van der Waals surface area contributed by atoms with Crippen LogP contribution in [0.2, 0.25) is 0 Å². The minimum absolute atomic E-state index is 0.182. The molecule has 0 N–H and O–H groups in total. The SMILES string of the molecule is COc1cccc(N(C(=O)COc2ccc(C#N)cc2)c2nc3ccccc3s2)c1. The molecule has 0 aliphatic carbocycles. The second-order valence-corrected chi connectivity index (χ2v) is 7.33. The monoisotopic (exact) mass is 415 g/mol. The first kappa shape index (κ1) is 19.4. The van der Waals surface area contributed by atoms with Crippen LogP contribution in [0.5, 0.6) is 11.5 Å². The fourth-order valence-electron chi connectivity index (χ4n) is 2.90. The van der Waals surface area contributed by atoms with Crippen LogP contribution in [-0.2, 0) is 4.79 Å². The molecule has 4 aromatic rings. The number of carbonyl (C=O) groups is 1. The average Bonchev–Trinajstić information content (AvgIpc) is 3.22. The molecule has 0 fully saturated rings. The highest BCUT2D eigenvalue weighted by molar-refractivity contribution is 7.22. The van der Waals surface area contributed by atoms with Gasteiger partial charge in [0.15, 0.2) is 11.7 Å². The quantitative estimate of drug-likeness (QED) is 0.447. The topological polar surface area (TPSA) is 75.4 Å². The van der Waals surface area contributed by atoms with Crippen LogP contribution < -0.4 is 14.4 Å². The maximum Gasteiger partial charge on any atom is 0.271 e. The number of aromatic nitrogens is 1. The summed E-state index contributed by atoms with van der Waals surface area (Å²) >= 11 is 1.43. The number of hydrogen-bond donors (Lipinski definition) is 0. The Labute approximate surface area is 177 Å². The standard InChI is InChI=1S/C23H17N3O3S/c1-28-19-6-4-5-17(13-19)26(23-25-20-7-2-3-8-21(20)30-23)22(27)15-29-18-11-9-16(14-24)10-12-18/h2-13H,15H2,1H3. The summed E-state index contributed by atoms with van der Waals surface area (Å²) in [6.45, 7) is -0.182. The summed E-state index contributed by atoms with van der Waals surface area (Å²) in [7, 11) is 1.58. The first-order valence-corrected chi connectivity index (χ1v) is 9.95. The molecular formula is C23H17N3O3S. The van der Waals surface area contributed by atoms with Gasteiger partial charge in [0.25, 0.3) is 5.91 Å². The van der Waals surface area contributed by atoms with Crippen molar-refractivity contribution in [1.82, 2.24) is 4.98 Å². The van der Waals surface area contributed by atoms with Gasteiger partial charge in [-0.1, -0.05) is 29.5 Å². The number of anilines is 2. The third-order valence-corrected chi connectivity index (χ3v) is 5.40. The van der Waals surface area contributed by atoms with Crippen LogP contribution in [0.1, 0.15) is 5.56 Å². The summed E-state index contributed by atoms with van der Waals surface area (Å²) in [4.78, 5) is 19.4. The molecule has 0 aliphatic heterocycles. The third kappa shape index (κ3) is 4.09. The number of ether oxygens (including phenoxy) is 2. The summed E-state index contributed by atoms with van der Waals surface area (Å²) in [6, 6.07) is 23.7. The van der Waals surface area contributed by atoms with Crippen molar-refractivity contribution in [2.24, 2.45) is 0 Å². The van der Waals surface area contributed by atoms with E-state index < -0.39 is 0 Å². The normalized spacial score (nSPS) is 10.4. The second-order valence-electron chi connectivity index (χ2n) is 6.32. The number of para-hydroxylation sites is 1. The molecule has 6 nitrogen and oxygen atoms in total. The van der Waals surface area contributed by atoms with E-state index in [4.69, 9.17) is 14.7 Å². The predicted octanol–water partition coefficient (Wildman–Crippen LogP) is 4.92. The number of nitriles is 1. The zero-order chi connectivity index (χ0) is 20.9. The van der Waals surface area contributed by atoms with E-state index in [9.17, 15) is 4.79 Å². The van der Waals surface area contributed by atoms with Crippen LogP contribution in [0.25, 0.3) is 10.2 Å². The maximum absolute atomic E-state index is 13.2. The summed E-state index contributed by atoms with van der Waals surface area (Å²) in [6.07, 6.45) is 0. The van der Waals surface area contributed by atoms with Crippen molar-refractivity contribution in [3.05, 3.63) is 78.4 Å². The number of fused-ring (bicyclic) bond motifs is 1. The molecule has 0 unspecified atom stereocenters. The molecule has 0 saturated heterocycles. The molecule has 0 aliphatic rings. The van der Waals surface area contributed by atoms with Gasteiger partial charge in [0.1, 0.15) is 11.5 Å². The average molecular weight is 415 g/mol. The molecule has 3 aromatic carbocycles. The number of rotatable bonds is 6. The number of carbonyl (C=O) groups excluding carboxylic acids is 1. The Morgan fingerprint density at radius 1 is 1.07 bits per heavy atom. The molecule has 4 rings (SSSR count). The van der Waals surface area contributed by atoms with Crippen LogP contribution in [-0.4, -0.2) is 24.6 Å². The number of methoxy groups -OCH3 is 1. The number of benzene rings is 3. The van der Waals surface area contributed by atoms with E-state index in [2.05, 4.69) is 11.1 Å². The Morgan fingerprint density at radius 3 is 2.60 bits per heavy atom. The molecule has 1 amide bonds.